The molecule has 1 heterocycles. The molecule has 5 rings (SSSR count). The molecule has 6 heteroatoms. The molecular formula is C33H37ClN2O2S. The summed E-state index contributed by atoms with van der Waals surface area (Å²) in [5.41, 5.74) is 5.39. The zero-order valence-corrected chi connectivity index (χ0v) is 24.3. The summed E-state index contributed by atoms with van der Waals surface area (Å²) in [6.07, 6.45) is 6.10. The van der Waals surface area contributed by atoms with Crippen molar-refractivity contribution in [3.8, 4) is 16.9 Å². The van der Waals surface area contributed by atoms with Gasteiger partial charge in [-0.25, -0.2) is 0 Å². The molecule has 1 amide bonds. The van der Waals surface area contributed by atoms with Gasteiger partial charge in [0.05, 0.1) is 12.0 Å². The number of halogens is 1. The third-order valence-corrected chi connectivity index (χ3v) is 9.98. The van der Waals surface area contributed by atoms with Crippen LogP contribution in [0.3, 0.4) is 0 Å². The van der Waals surface area contributed by atoms with E-state index < -0.39 is 0 Å². The highest BCUT2D eigenvalue weighted by Gasteiger charge is 2.41. The van der Waals surface area contributed by atoms with E-state index in [4.69, 9.17) is 16.3 Å². The van der Waals surface area contributed by atoms with Crippen LogP contribution in [0, 0.1) is 5.92 Å². The molecule has 3 aromatic carbocycles. The van der Waals surface area contributed by atoms with Gasteiger partial charge in [-0.1, -0.05) is 42.5 Å². The predicted octanol–water partition coefficient (Wildman–Crippen LogP) is 8.32. The van der Waals surface area contributed by atoms with Crippen LogP contribution in [0.15, 0.2) is 84.3 Å². The largest absolute Gasteiger partial charge is 0.494 e. The maximum Gasteiger partial charge on any atom is 0.238 e. The highest BCUT2D eigenvalue weighted by molar-refractivity contribution is 8.01. The Hall–Kier alpha value is -2.89. The number of anilines is 1. The number of ether oxygens (including phenoxy) is 1. The first kappa shape index (κ1) is 27.7. The lowest BCUT2D eigenvalue weighted by atomic mass is 9.85. The van der Waals surface area contributed by atoms with Crippen molar-refractivity contribution in [1.82, 2.24) is 4.90 Å². The molecule has 0 radical (unpaired) electrons. The van der Waals surface area contributed by atoms with Gasteiger partial charge in [-0.2, -0.15) is 0 Å². The second-order valence-electron chi connectivity index (χ2n) is 10.3. The van der Waals surface area contributed by atoms with Crippen LogP contribution < -0.4 is 10.1 Å². The van der Waals surface area contributed by atoms with Gasteiger partial charge < -0.3 is 15.0 Å². The molecule has 1 fully saturated rings. The molecule has 1 aliphatic heterocycles. The lowest BCUT2D eigenvalue weighted by Gasteiger charge is -2.38. The summed E-state index contributed by atoms with van der Waals surface area (Å²) < 4.78 is 6.07. The van der Waals surface area contributed by atoms with Gasteiger partial charge >= 0.3 is 0 Å². The lowest BCUT2D eigenvalue weighted by molar-refractivity contribution is -0.134. The van der Waals surface area contributed by atoms with Crippen LogP contribution in [0.5, 0.6) is 5.75 Å². The van der Waals surface area contributed by atoms with Gasteiger partial charge in [-0.3, -0.25) is 4.79 Å². The van der Waals surface area contributed by atoms with Crippen molar-refractivity contribution >= 4 is 35.0 Å². The highest BCUT2D eigenvalue weighted by Crippen LogP contribution is 2.49. The number of allylic oxidation sites excluding steroid dienone is 1. The average Bonchev–Trinajstić information content (AvgIpc) is 3.33. The smallest absolute Gasteiger partial charge is 0.238 e. The maximum absolute atomic E-state index is 14.3. The van der Waals surface area contributed by atoms with E-state index in [1.54, 1.807) is 11.8 Å². The minimum atomic E-state index is -0.339. The summed E-state index contributed by atoms with van der Waals surface area (Å²) in [5.74, 6) is 1.46. The minimum Gasteiger partial charge on any atom is -0.494 e. The van der Waals surface area contributed by atoms with Gasteiger partial charge in [0.1, 0.15) is 11.0 Å². The van der Waals surface area contributed by atoms with Gasteiger partial charge in [0.25, 0.3) is 0 Å². The molecule has 1 unspecified atom stereocenters. The number of alkyl halides is 1. The Morgan fingerprint density at radius 1 is 1.08 bits per heavy atom. The van der Waals surface area contributed by atoms with Crippen LogP contribution in [0.25, 0.3) is 11.1 Å². The molecule has 3 aromatic rings. The van der Waals surface area contributed by atoms with Gasteiger partial charge in [0.15, 0.2) is 0 Å². The number of thioether (sulfide) groups is 1. The van der Waals surface area contributed by atoms with Crippen molar-refractivity contribution < 1.29 is 9.53 Å². The molecule has 1 saturated carbocycles. The zero-order chi connectivity index (χ0) is 27.4. The molecule has 0 bridgehead atoms. The predicted molar refractivity (Wildman–Crippen MR) is 164 cm³/mol. The van der Waals surface area contributed by atoms with Crippen molar-refractivity contribution in [3.63, 3.8) is 0 Å². The number of carbonyl (C=O) groups excluding carboxylic acids is 1. The van der Waals surface area contributed by atoms with Gasteiger partial charge in [0, 0.05) is 35.8 Å². The molecule has 0 aromatic heterocycles. The Morgan fingerprint density at radius 3 is 2.46 bits per heavy atom. The Bertz CT molecular complexity index is 1300. The number of nitrogens with zero attached hydrogens (tertiary/aromatic N) is 1. The summed E-state index contributed by atoms with van der Waals surface area (Å²) >= 11 is 8.54. The Morgan fingerprint density at radius 2 is 1.79 bits per heavy atom. The Kier molecular flexibility index (Phi) is 8.89. The molecule has 39 heavy (non-hydrogen) atoms. The monoisotopic (exact) mass is 560 g/mol. The minimum absolute atomic E-state index is 0.115. The van der Waals surface area contributed by atoms with Crippen molar-refractivity contribution in [3.05, 3.63) is 90.5 Å². The van der Waals surface area contributed by atoms with Crippen LogP contribution in [0.4, 0.5) is 5.69 Å². The van der Waals surface area contributed by atoms with Crippen LogP contribution >= 0.6 is 23.4 Å². The van der Waals surface area contributed by atoms with E-state index in [2.05, 4.69) is 65.3 Å². The first-order valence-electron chi connectivity index (χ1n) is 13.9. The summed E-state index contributed by atoms with van der Waals surface area (Å²) in [7, 11) is 1.92. The van der Waals surface area contributed by atoms with E-state index in [1.807, 2.05) is 38.2 Å². The molecular weight excluding hydrogens is 524 g/mol. The SMILES string of the molecule is C=CC1CCC(N(Cc2cc(-c3ccc(NC)cc3)ccc2OCC)C(=O)[C@@H]2Sc3ccccc3C2Cl)CC1. The summed E-state index contributed by atoms with van der Waals surface area (Å²) in [6, 6.07) is 23.0. The third-order valence-electron chi connectivity index (χ3n) is 7.99. The molecule has 204 valence electrons. The molecule has 4 nitrogen and oxygen atoms in total. The topological polar surface area (TPSA) is 41.6 Å². The van der Waals surface area contributed by atoms with E-state index in [0.717, 1.165) is 64.3 Å². The number of amides is 1. The van der Waals surface area contributed by atoms with Crippen molar-refractivity contribution in [1.29, 1.82) is 0 Å². The fourth-order valence-corrected chi connectivity index (χ4v) is 7.52. The van der Waals surface area contributed by atoms with E-state index in [1.165, 1.54) is 0 Å². The highest BCUT2D eigenvalue weighted by atomic mass is 35.5. The van der Waals surface area contributed by atoms with Crippen LogP contribution in [0.2, 0.25) is 0 Å². The fourth-order valence-electron chi connectivity index (χ4n) is 5.74. The van der Waals surface area contributed by atoms with Gasteiger partial charge in [0.2, 0.25) is 5.91 Å². The molecule has 0 saturated heterocycles. The Balaban J connectivity index is 1.47. The van der Waals surface area contributed by atoms with E-state index in [-0.39, 0.29) is 22.6 Å². The number of carbonyl (C=O) groups is 1. The third kappa shape index (κ3) is 6.00. The van der Waals surface area contributed by atoms with E-state index in [0.29, 0.717) is 19.1 Å². The summed E-state index contributed by atoms with van der Waals surface area (Å²) in [4.78, 5) is 17.5. The first-order valence-corrected chi connectivity index (χ1v) is 15.2. The standard InChI is InChI=1S/C33H37ClN2O2S/c1-4-22-10-17-27(18-11-22)36(33(37)32-31(34)28-8-6-7-9-30(28)39-32)21-25-20-24(14-19-29(25)38-5-2)23-12-15-26(35-3)16-13-23/h4,6-9,12-16,19-20,22,27,31-32,35H,1,5,10-11,17-18,21H2,2-3H3/t22?,27?,31?,32-/m1/s1. The van der Waals surface area contributed by atoms with Crippen LogP contribution in [-0.2, 0) is 11.3 Å². The van der Waals surface area contributed by atoms with Crippen molar-refractivity contribution in [2.24, 2.45) is 5.92 Å². The number of rotatable bonds is 9. The first-order chi connectivity index (χ1) is 19.0. The second kappa shape index (κ2) is 12.5. The van der Waals surface area contributed by atoms with Crippen molar-refractivity contribution in [2.45, 2.75) is 60.7 Å². The van der Waals surface area contributed by atoms with Crippen LogP contribution in [-0.4, -0.2) is 35.8 Å². The maximum atomic E-state index is 14.3. The number of nitrogens with one attached hydrogen (secondary N) is 1. The average molecular weight is 561 g/mol. The fraction of sp³-hybridized carbons (Fsp3) is 0.364. The van der Waals surface area contributed by atoms with E-state index in [9.17, 15) is 4.79 Å². The number of benzene rings is 3. The molecule has 2 atom stereocenters. The zero-order valence-electron chi connectivity index (χ0n) is 22.7. The molecule has 1 aliphatic carbocycles. The normalized spacial score (nSPS) is 22.1. The van der Waals surface area contributed by atoms with Gasteiger partial charge in [-0.05, 0) is 85.5 Å². The van der Waals surface area contributed by atoms with Crippen molar-refractivity contribution in [2.75, 3.05) is 19.0 Å². The Labute approximate surface area is 241 Å². The lowest BCUT2D eigenvalue weighted by Crippen LogP contribution is -2.46. The second-order valence-corrected chi connectivity index (χ2v) is 12.0. The molecule has 0 spiro atoms. The number of hydrogen-bond acceptors (Lipinski definition) is 4. The quantitative estimate of drug-likeness (QED) is 0.211. The summed E-state index contributed by atoms with van der Waals surface area (Å²) in [6.45, 7) is 7.08. The number of fused-ring (bicyclic) bond motifs is 1. The van der Waals surface area contributed by atoms with Crippen LogP contribution in [0.1, 0.15) is 49.1 Å². The van der Waals surface area contributed by atoms with E-state index >= 15 is 0 Å². The number of hydrogen-bond donors (Lipinski definition) is 1. The molecule has 1 N–H and O–H groups in total. The molecule has 2 aliphatic rings. The summed E-state index contributed by atoms with van der Waals surface area (Å²) in [5, 5.41) is 2.50. The van der Waals surface area contributed by atoms with Gasteiger partial charge in [-0.15, -0.1) is 29.9 Å².